The number of aromatic nitrogens is 2. The summed E-state index contributed by atoms with van der Waals surface area (Å²) in [4.78, 5) is 12.3. The number of sulfone groups is 1. The molecule has 1 fully saturated rings. The van der Waals surface area contributed by atoms with Crippen molar-refractivity contribution in [2.75, 3.05) is 18.1 Å². The van der Waals surface area contributed by atoms with Crippen LogP contribution in [0.3, 0.4) is 0 Å². The Balaban J connectivity index is 1.95. The van der Waals surface area contributed by atoms with Gasteiger partial charge in [-0.2, -0.15) is 5.10 Å². The topological polar surface area (TPSA) is 81.1 Å². The molecule has 1 aliphatic rings. The van der Waals surface area contributed by atoms with Gasteiger partial charge in [0.15, 0.2) is 0 Å². The second-order valence-electron chi connectivity index (χ2n) is 6.23. The Bertz CT molecular complexity index is 620. The van der Waals surface area contributed by atoms with Gasteiger partial charge in [0.25, 0.3) is 5.91 Å². The third kappa shape index (κ3) is 4.09. The highest BCUT2D eigenvalue weighted by atomic mass is 32.2. The summed E-state index contributed by atoms with van der Waals surface area (Å²) in [7, 11) is -2.85. The summed E-state index contributed by atoms with van der Waals surface area (Å²) in [5, 5.41) is 7.37. The number of nitrogens with zero attached hydrogens (tertiary/aromatic N) is 2. The first-order valence-electron chi connectivity index (χ1n) is 7.88. The molecule has 1 saturated heterocycles. The Morgan fingerprint density at radius 1 is 1.41 bits per heavy atom. The van der Waals surface area contributed by atoms with E-state index in [0.29, 0.717) is 31.6 Å². The maximum absolute atomic E-state index is 12.3. The number of hydrogen-bond acceptors (Lipinski definition) is 4. The first kappa shape index (κ1) is 17.0. The van der Waals surface area contributed by atoms with Crippen molar-refractivity contribution in [2.45, 2.75) is 46.1 Å². The fraction of sp³-hybridized carbons (Fsp3) is 0.733. The molecule has 1 N–H and O–H groups in total. The maximum atomic E-state index is 12.3. The Labute approximate surface area is 132 Å². The molecule has 2 heterocycles. The molecule has 0 radical (unpaired) electrons. The monoisotopic (exact) mass is 327 g/mol. The summed E-state index contributed by atoms with van der Waals surface area (Å²) in [5.41, 5.74) is 1.49. The summed E-state index contributed by atoms with van der Waals surface area (Å²) in [6, 6.07) is 1.84. The zero-order chi connectivity index (χ0) is 16.3. The molecule has 0 aliphatic carbocycles. The van der Waals surface area contributed by atoms with E-state index in [-0.39, 0.29) is 29.2 Å². The molecule has 6 nitrogen and oxygen atoms in total. The van der Waals surface area contributed by atoms with Crippen molar-refractivity contribution in [3.05, 3.63) is 17.5 Å². The van der Waals surface area contributed by atoms with Crippen LogP contribution in [0.5, 0.6) is 0 Å². The van der Waals surface area contributed by atoms with Crippen LogP contribution < -0.4 is 5.32 Å². The van der Waals surface area contributed by atoms with Crippen molar-refractivity contribution in [1.82, 2.24) is 15.1 Å². The van der Waals surface area contributed by atoms with E-state index in [1.54, 1.807) is 4.68 Å². The fourth-order valence-electron chi connectivity index (χ4n) is 2.61. The van der Waals surface area contributed by atoms with Crippen LogP contribution in [0.15, 0.2) is 6.07 Å². The minimum Gasteiger partial charge on any atom is -0.350 e. The van der Waals surface area contributed by atoms with E-state index in [1.165, 1.54) is 0 Å². The van der Waals surface area contributed by atoms with E-state index < -0.39 is 9.84 Å². The number of nitrogens with one attached hydrogen (secondary N) is 1. The molecular formula is C15H25N3O3S. The Morgan fingerprint density at radius 2 is 2.05 bits per heavy atom. The molecule has 0 atom stereocenters. The number of rotatable bonds is 5. The van der Waals surface area contributed by atoms with Crippen molar-refractivity contribution in [2.24, 2.45) is 5.92 Å². The molecule has 2 rings (SSSR count). The molecule has 0 unspecified atom stereocenters. The van der Waals surface area contributed by atoms with Crippen LogP contribution in [0.1, 0.15) is 55.7 Å². The summed E-state index contributed by atoms with van der Waals surface area (Å²) in [5.74, 6) is 0.864. The van der Waals surface area contributed by atoms with Crippen molar-refractivity contribution in [3.63, 3.8) is 0 Å². The summed E-state index contributed by atoms with van der Waals surface area (Å²) in [6.45, 7) is 7.23. The Kier molecular flexibility index (Phi) is 5.26. The van der Waals surface area contributed by atoms with E-state index in [0.717, 1.165) is 5.69 Å². The van der Waals surface area contributed by atoms with Gasteiger partial charge < -0.3 is 5.32 Å². The predicted molar refractivity (Wildman–Crippen MR) is 85.7 cm³/mol. The van der Waals surface area contributed by atoms with E-state index in [1.807, 2.05) is 26.8 Å². The average Bonchev–Trinajstić information content (AvgIpc) is 2.90. The molecule has 1 amide bonds. The molecule has 0 spiro atoms. The molecule has 1 aromatic rings. The number of amides is 1. The predicted octanol–water partition coefficient (Wildman–Crippen LogP) is 1.58. The quantitative estimate of drug-likeness (QED) is 0.890. The highest BCUT2D eigenvalue weighted by Crippen LogP contribution is 2.18. The first-order valence-corrected chi connectivity index (χ1v) is 9.71. The molecule has 1 aromatic heterocycles. The van der Waals surface area contributed by atoms with Gasteiger partial charge in [-0.1, -0.05) is 13.8 Å². The Hall–Kier alpha value is -1.37. The molecule has 22 heavy (non-hydrogen) atoms. The lowest BCUT2D eigenvalue weighted by atomic mass is 10.0. The van der Waals surface area contributed by atoms with Crippen molar-refractivity contribution >= 4 is 15.7 Å². The SMILES string of the molecule is CCn1nc(C(C)C)cc1C(=O)NCC1CCS(=O)(=O)CC1. The van der Waals surface area contributed by atoms with Gasteiger partial charge in [-0.05, 0) is 37.7 Å². The highest BCUT2D eigenvalue weighted by Gasteiger charge is 2.24. The average molecular weight is 327 g/mol. The third-order valence-corrected chi connectivity index (χ3v) is 5.86. The van der Waals surface area contributed by atoms with Crippen LogP contribution in [0.2, 0.25) is 0 Å². The van der Waals surface area contributed by atoms with Crippen LogP contribution in [0.4, 0.5) is 0 Å². The van der Waals surface area contributed by atoms with E-state index >= 15 is 0 Å². The zero-order valence-electron chi connectivity index (χ0n) is 13.5. The number of hydrogen-bond donors (Lipinski definition) is 1. The minimum absolute atomic E-state index is 0.130. The highest BCUT2D eigenvalue weighted by molar-refractivity contribution is 7.91. The van der Waals surface area contributed by atoms with E-state index in [4.69, 9.17) is 0 Å². The number of aryl methyl sites for hydroxylation is 1. The Morgan fingerprint density at radius 3 is 2.59 bits per heavy atom. The minimum atomic E-state index is -2.85. The molecule has 0 bridgehead atoms. The summed E-state index contributed by atoms with van der Waals surface area (Å²) in [6.07, 6.45) is 1.26. The largest absolute Gasteiger partial charge is 0.350 e. The number of carbonyl (C=O) groups excluding carboxylic acids is 1. The first-order chi connectivity index (χ1) is 10.3. The van der Waals surface area contributed by atoms with Crippen LogP contribution >= 0.6 is 0 Å². The lowest BCUT2D eigenvalue weighted by Crippen LogP contribution is -2.34. The van der Waals surface area contributed by atoms with Gasteiger partial charge in [0, 0.05) is 13.1 Å². The second-order valence-corrected chi connectivity index (χ2v) is 8.53. The summed E-state index contributed by atoms with van der Waals surface area (Å²) >= 11 is 0. The molecule has 0 saturated carbocycles. The maximum Gasteiger partial charge on any atom is 0.269 e. The van der Waals surface area contributed by atoms with Crippen molar-refractivity contribution < 1.29 is 13.2 Å². The summed E-state index contributed by atoms with van der Waals surface area (Å²) < 4.78 is 24.5. The molecule has 0 aromatic carbocycles. The molecular weight excluding hydrogens is 302 g/mol. The number of carbonyl (C=O) groups is 1. The van der Waals surface area contributed by atoms with Gasteiger partial charge in [0.1, 0.15) is 15.5 Å². The molecule has 7 heteroatoms. The standard InChI is InChI=1S/C15H25N3O3S/c1-4-18-14(9-13(17-18)11(2)3)15(19)16-10-12-5-7-22(20,21)8-6-12/h9,11-12H,4-8,10H2,1-3H3,(H,16,19). The molecule has 124 valence electrons. The van der Waals surface area contributed by atoms with Crippen LogP contribution in [0.25, 0.3) is 0 Å². The third-order valence-electron chi connectivity index (χ3n) is 4.15. The second kappa shape index (κ2) is 6.81. The van der Waals surface area contributed by atoms with E-state index in [9.17, 15) is 13.2 Å². The van der Waals surface area contributed by atoms with Crippen molar-refractivity contribution in [3.8, 4) is 0 Å². The van der Waals surface area contributed by atoms with Gasteiger partial charge in [-0.15, -0.1) is 0 Å². The van der Waals surface area contributed by atoms with Crippen molar-refractivity contribution in [1.29, 1.82) is 0 Å². The van der Waals surface area contributed by atoms with Crippen LogP contribution in [-0.4, -0.2) is 42.2 Å². The van der Waals surface area contributed by atoms with Crippen LogP contribution in [0, 0.1) is 5.92 Å². The zero-order valence-corrected chi connectivity index (χ0v) is 14.3. The normalized spacial score (nSPS) is 18.5. The lowest BCUT2D eigenvalue weighted by Gasteiger charge is -2.22. The molecule has 1 aliphatic heterocycles. The lowest BCUT2D eigenvalue weighted by molar-refractivity contribution is 0.0935. The fourth-order valence-corrected chi connectivity index (χ4v) is 4.20. The van der Waals surface area contributed by atoms with Gasteiger partial charge >= 0.3 is 0 Å². The van der Waals surface area contributed by atoms with Gasteiger partial charge in [0.2, 0.25) is 0 Å². The smallest absolute Gasteiger partial charge is 0.269 e. The van der Waals surface area contributed by atoms with Gasteiger partial charge in [-0.3, -0.25) is 9.48 Å². The van der Waals surface area contributed by atoms with Gasteiger partial charge in [-0.25, -0.2) is 8.42 Å². The van der Waals surface area contributed by atoms with E-state index in [2.05, 4.69) is 10.4 Å². The van der Waals surface area contributed by atoms with Crippen LogP contribution in [-0.2, 0) is 16.4 Å². The van der Waals surface area contributed by atoms with Gasteiger partial charge in [0.05, 0.1) is 17.2 Å².